The quantitative estimate of drug-likeness (QED) is 0.187. The average molecular weight is 447 g/mol. The van der Waals surface area contributed by atoms with E-state index in [1.165, 1.54) is 43.2 Å². The first-order valence-electron chi connectivity index (χ1n) is 10.4. The van der Waals surface area contributed by atoms with E-state index >= 15 is 0 Å². The zero-order valence-corrected chi connectivity index (χ0v) is 18.7. The Labute approximate surface area is 186 Å². The molecule has 2 heterocycles. The Kier molecular flexibility index (Phi) is 8.71. The Morgan fingerprint density at radius 1 is 1.20 bits per heavy atom. The minimum Gasteiger partial charge on any atom is -0.492 e. The third-order valence-electron chi connectivity index (χ3n) is 4.68. The largest absolute Gasteiger partial charge is 0.492 e. The molecule has 0 fully saturated rings. The van der Waals surface area contributed by atoms with E-state index in [2.05, 4.69) is 22.2 Å². The van der Waals surface area contributed by atoms with Gasteiger partial charge in [0.1, 0.15) is 5.75 Å². The van der Waals surface area contributed by atoms with Gasteiger partial charge in [-0.05, 0) is 54.5 Å². The third-order valence-corrected chi connectivity index (χ3v) is 5.24. The summed E-state index contributed by atoms with van der Waals surface area (Å²) in [7, 11) is 0. The van der Waals surface area contributed by atoms with Crippen molar-refractivity contribution in [1.82, 2.24) is 14.9 Å². The lowest BCUT2D eigenvalue weighted by molar-refractivity contribution is 0.304. The molecule has 2 aromatic heterocycles. The second-order valence-electron chi connectivity index (χ2n) is 7.05. The normalized spacial score (nSPS) is 11.4. The number of ether oxygens (including phenoxy) is 1. The standard InChI is InChI=1S/C22H27ClN4O2S/c1-2-3-4-5-6-7-8-13-28-19-12-11-17(15-18(19)23)16-24-27-21(25-26-22(27)30)20-10-9-14-29-20/h9-12,14-16H,2-8,13H2,1H3,(H,26,30)/b24-16-. The fourth-order valence-corrected chi connectivity index (χ4v) is 3.47. The summed E-state index contributed by atoms with van der Waals surface area (Å²) in [4.78, 5) is 0. The van der Waals surface area contributed by atoms with E-state index in [1.807, 2.05) is 18.2 Å². The predicted molar refractivity (Wildman–Crippen MR) is 123 cm³/mol. The summed E-state index contributed by atoms with van der Waals surface area (Å²) < 4.78 is 13.1. The zero-order chi connectivity index (χ0) is 21.2. The number of unbranched alkanes of at least 4 members (excludes halogenated alkanes) is 6. The molecule has 0 unspecified atom stereocenters. The van der Waals surface area contributed by atoms with Crippen molar-refractivity contribution < 1.29 is 9.15 Å². The van der Waals surface area contributed by atoms with E-state index in [1.54, 1.807) is 24.6 Å². The maximum absolute atomic E-state index is 6.38. The summed E-state index contributed by atoms with van der Waals surface area (Å²) in [5.41, 5.74) is 0.830. The summed E-state index contributed by atoms with van der Waals surface area (Å²) in [5, 5.41) is 11.9. The predicted octanol–water partition coefficient (Wildman–Crippen LogP) is 6.87. The van der Waals surface area contributed by atoms with Crippen LogP contribution >= 0.6 is 23.8 Å². The van der Waals surface area contributed by atoms with Crippen LogP contribution < -0.4 is 4.74 Å². The number of nitrogens with one attached hydrogen (secondary N) is 1. The number of hydrogen-bond donors (Lipinski definition) is 1. The first-order chi connectivity index (χ1) is 14.7. The molecule has 30 heavy (non-hydrogen) atoms. The Morgan fingerprint density at radius 2 is 2.00 bits per heavy atom. The smallest absolute Gasteiger partial charge is 0.219 e. The number of hydrogen-bond acceptors (Lipinski definition) is 5. The van der Waals surface area contributed by atoms with Crippen molar-refractivity contribution in [3.05, 3.63) is 52.0 Å². The highest BCUT2D eigenvalue weighted by Crippen LogP contribution is 2.25. The molecular formula is C22H27ClN4O2S. The topological polar surface area (TPSA) is 68.3 Å². The summed E-state index contributed by atoms with van der Waals surface area (Å²) >= 11 is 11.6. The van der Waals surface area contributed by atoms with Gasteiger partial charge in [0.05, 0.1) is 24.1 Å². The van der Waals surface area contributed by atoms with Gasteiger partial charge in [-0.15, -0.1) is 5.10 Å². The van der Waals surface area contributed by atoms with Crippen LogP contribution in [0.15, 0.2) is 46.1 Å². The number of aromatic amines is 1. The number of benzene rings is 1. The number of nitrogens with zero attached hydrogens (tertiary/aromatic N) is 3. The highest BCUT2D eigenvalue weighted by Gasteiger charge is 2.10. The number of halogens is 1. The molecule has 8 heteroatoms. The van der Waals surface area contributed by atoms with E-state index in [0.29, 0.717) is 33.7 Å². The molecule has 0 atom stereocenters. The van der Waals surface area contributed by atoms with Gasteiger partial charge in [-0.2, -0.15) is 9.78 Å². The summed E-state index contributed by atoms with van der Waals surface area (Å²) in [6, 6.07) is 9.18. The monoisotopic (exact) mass is 446 g/mol. The molecule has 6 nitrogen and oxygen atoms in total. The lowest BCUT2D eigenvalue weighted by Gasteiger charge is -2.08. The van der Waals surface area contributed by atoms with Crippen LogP contribution in [-0.4, -0.2) is 27.7 Å². The summed E-state index contributed by atoms with van der Waals surface area (Å²) in [6.45, 7) is 2.91. The highest BCUT2D eigenvalue weighted by molar-refractivity contribution is 7.71. The van der Waals surface area contributed by atoms with Crippen molar-refractivity contribution in [2.75, 3.05) is 6.61 Å². The van der Waals surface area contributed by atoms with Gasteiger partial charge in [0, 0.05) is 0 Å². The van der Waals surface area contributed by atoms with Crippen molar-refractivity contribution in [1.29, 1.82) is 0 Å². The zero-order valence-electron chi connectivity index (χ0n) is 17.1. The van der Waals surface area contributed by atoms with E-state index in [9.17, 15) is 0 Å². The van der Waals surface area contributed by atoms with Gasteiger partial charge in [-0.25, -0.2) is 5.10 Å². The number of furan rings is 1. The van der Waals surface area contributed by atoms with Crippen LogP contribution in [0.25, 0.3) is 11.6 Å². The van der Waals surface area contributed by atoms with Crippen molar-refractivity contribution in [2.45, 2.75) is 51.9 Å². The van der Waals surface area contributed by atoms with Gasteiger partial charge < -0.3 is 9.15 Å². The minimum atomic E-state index is 0.374. The second kappa shape index (κ2) is 11.7. The molecule has 0 aliphatic carbocycles. The van der Waals surface area contributed by atoms with Crippen molar-refractivity contribution in [2.24, 2.45) is 5.10 Å². The fraction of sp³-hybridized carbons (Fsp3) is 0.409. The second-order valence-corrected chi connectivity index (χ2v) is 7.84. The number of rotatable bonds is 12. The van der Waals surface area contributed by atoms with Crippen LogP contribution in [0, 0.1) is 4.77 Å². The van der Waals surface area contributed by atoms with Crippen LogP contribution in [-0.2, 0) is 0 Å². The van der Waals surface area contributed by atoms with Crippen LogP contribution in [0.2, 0.25) is 5.02 Å². The molecule has 1 N–H and O–H groups in total. The molecule has 0 aliphatic rings. The van der Waals surface area contributed by atoms with Gasteiger partial charge >= 0.3 is 0 Å². The maximum Gasteiger partial charge on any atom is 0.219 e. The van der Waals surface area contributed by atoms with Gasteiger partial charge in [0.2, 0.25) is 10.6 Å². The molecule has 0 amide bonds. The molecule has 0 spiro atoms. The number of aromatic nitrogens is 3. The van der Waals surface area contributed by atoms with Crippen molar-refractivity contribution in [3.8, 4) is 17.3 Å². The first-order valence-corrected chi connectivity index (χ1v) is 11.2. The van der Waals surface area contributed by atoms with Crippen LogP contribution in [0.3, 0.4) is 0 Å². The Morgan fingerprint density at radius 3 is 2.73 bits per heavy atom. The van der Waals surface area contributed by atoms with Crippen molar-refractivity contribution in [3.63, 3.8) is 0 Å². The molecular weight excluding hydrogens is 420 g/mol. The van der Waals surface area contributed by atoms with E-state index in [4.69, 9.17) is 33.0 Å². The molecule has 1 aromatic carbocycles. The van der Waals surface area contributed by atoms with Crippen LogP contribution in [0.4, 0.5) is 0 Å². The van der Waals surface area contributed by atoms with E-state index in [-0.39, 0.29) is 0 Å². The Hall–Kier alpha value is -2.38. The molecule has 0 bridgehead atoms. The lowest BCUT2D eigenvalue weighted by Crippen LogP contribution is -1.99. The lowest BCUT2D eigenvalue weighted by atomic mass is 10.1. The first kappa shape index (κ1) is 22.3. The SMILES string of the molecule is CCCCCCCCCOc1ccc(/C=N\n2c(-c3ccco3)n[nH]c2=S)cc1Cl. The fourth-order valence-electron chi connectivity index (χ4n) is 3.04. The summed E-state index contributed by atoms with van der Waals surface area (Å²) in [5.74, 6) is 1.77. The van der Waals surface area contributed by atoms with Crippen molar-refractivity contribution >= 4 is 30.0 Å². The summed E-state index contributed by atoms with van der Waals surface area (Å²) in [6.07, 6.45) is 12.0. The molecule has 0 saturated heterocycles. The highest BCUT2D eigenvalue weighted by atomic mass is 35.5. The molecule has 160 valence electrons. The molecule has 3 rings (SSSR count). The Bertz CT molecular complexity index is 995. The van der Waals surface area contributed by atoms with E-state index in [0.717, 1.165) is 12.0 Å². The van der Waals surface area contributed by atoms with Gasteiger partial charge in [0.15, 0.2) is 5.76 Å². The molecule has 0 saturated carbocycles. The molecule has 3 aromatic rings. The molecule has 0 aliphatic heterocycles. The molecule has 0 radical (unpaired) electrons. The Balaban J connectivity index is 1.54. The third kappa shape index (κ3) is 6.31. The van der Waals surface area contributed by atoms with Gasteiger partial charge in [0.25, 0.3) is 0 Å². The van der Waals surface area contributed by atoms with Crippen LogP contribution in [0.5, 0.6) is 5.75 Å². The number of H-pyrrole nitrogens is 1. The van der Waals surface area contributed by atoms with Gasteiger partial charge in [-0.1, -0.05) is 57.0 Å². The van der Waals surface area contributed by atoms with Gasteiger partial charge in [-0.3, -0.25) is 0 Å². The van der Waals surface area contributed by atoms with E-state index < -0.39 is 0 Å². The maximum atomic E-state index is 6.38. The average Bonchev–Trinajstić information content (AvgIpc) is 3.39. The van der Waals surface area contributed by atoms with Crippen LogP contribution in [0.1, 0.15) is 57.4 Å². The minimum absolute atomic E-state index is 0.374.